The molecule has 1 aromatic carbocycles. The third kappa shape index (κ3) is 3.66. The van der Waals surface area contributed by atoms with E-state index in [1.165, 1.54) is 6.07 Å². The molecule has 0 saturated carbocycles. The number of likely N-dealkylation sites (tertiary alicyclic amines) is 1. The molecule has 142 valence electrons. The Labute approximate surface area is 163 Å². The number of ether oxygens (including phenoxy) is 1. The predicted molar refractivity (Wildman–Crippen MR) is 107 cm³/mol. The molecule has 2 aromatic heterocycles. The second-order valence-corrected chi connectivity index (χ2v) is 8.17. The van der Waals surface area contributed by atoms with Crippen molar-refractivity contribution in [2.75, 3.05) is 26.7 Å². The molecule has 1 N–H and O–H groups in total. The molecular weight excluding hydrogens is 365 g/mol. The minimum Gasteiger partial charge on any atom is -0.492 e. The largest absolute Gasteiger partial charge is 0.492 e. The average Bonchev–Trinajstić information content (AvgIpc) is 3.10. The van der Waals surface area contributed by atoms with E-state index >= 15 is 0 Å². The molecular formula is C21H23ClFN3O. The van der Waals surface area contributed by atoms with Crippen molar-refractivity contribution in [3.8, 4) is 16.9 Å². The zero-order valence-corrected chi connectivity index (χ0v) is 16.3. The molecule has 0 spiro atoms. The van der Waals surface area contributed by atoms with Crippen LogP contribution < -0.4 is 4.74 Å². The van der Waals surface area contributed by atoms with Crippen molar-refractivity contribution >= 4 is 22.6 Å². The molecule has 1 saturated heterocycles. The summed E-state index contributed by atoms with van der Waals surface area (Å²) >= 11 is 5.98. The van der Waals surface area contributed by atoms with Gasteiger partial charge in [-0.15, -0.1) is 0 Å². The third-order valence-electron chi connectivity index (χ3n) is 5.54. The van der Waals surface area contributed by atoms with E-state index in [-0.39, 0.29) is 10.4 Å². The number of hydrogen-bond acceptors (Lipinski definition) is 3. The van der Waals surface area contributed by atoms with E-state index in [0.29, 0.717) is 6.61 Å². The number of pyridine rings is 1. The second-order valence-electron chi connectivity index (χ2n) is 7.77. The van der Waals surface area contributed by atoms with E-state index in [4.69, 9.17) is 16.3 Å². The Morgan fingerprint density at radius 3 is 2.81 bits per heavy atom. The quantitative estimate of drug-likeness (QED) is 0.674. The molecule has 3 aromatic rings. The van der Waals surface area contributed by atoms with Crippen molar-refractivity contribution in [3.05, 3.63) is 47.5 Å². The first-order chi connectivity index (χ1) is 13.0. The lowest BCUT2D eigenvalue weighted by Gasteiger charge is -2.37. The number of fused-ring (bicyclic) bond motifs is 1. The lowest BCUT2D eigenvalue weighted by molar-refractivity contribution is 0.0811. The lowest BCUT2D eigenvalue weighted by Crippen LogP contribution is -2.39. The second kappa shape index (κ2) is 7.13. The van der Waals surface area contributed by atoms with Gasteiger partial charge in [0.1, 0.15) is 17.2 Å². The topological polar surface area (TPSA) is 41.1 Å². The van der Waals surface area contributed by atoms with Gasteiger partial charge in [-0.3, -0.25) is 0 Å². The van der Waals surface area contributed by atoms with Crippen LogP contribution in [0, 0.1) is 11.2 Å². The van der Waals surface area contributed by atoms with Gasteiger partial charge < -0.3 is 14.6 Å². The summed E-state index contributed by atoms with van der Waals surface area (Å²) in [6.07, 6.45) is 5.84. The van der Waals surface area contributed by atoms with Gasteiger partial charge in [-0.2, -0.15) is 0 Å². The standard InChI is InChI=1S/C21H23ClFN3O/c1-21(6-9-26(2)10-7-21)13-27-18-5-8-24-20-19(18)15(12-25-20)14-3-4-17(23)16(22)11-14/h3-5,8,11-12H,6-7,9-10,13H2,1-2H3,(H,24,25). The highest BCUT2D eigenvalue weighted by Gasteiger charge is 2.30. The highest BCUT2D eigenvalue weighted by molar-refractivity contribution is 6.31. The fourth-order valence-electron chi connectivity index (χ4n) is 3.59. The van der Waals surface area contributed by atoms with E-state index < -0.39 is 5.82 Å². The van der Waals surface area contributed by atoms with Crippen LogP contribution in [-0.4, -0.2) is 41.6 Å². The first kappa shape index (κ1) is 18.3. The van der Waals surface area contributed by atoms with Gasteiger partial charge in [0, 0.05) is 23.4 Å². The molecule has 1 aliphatic rings. The van der Waals surface area contributed by atoms with Crippen LogP contribution in [-0.2, 0) is 0 Å². The highest BCUT2D eigenvalue weighted by Crippen LogP contribution is 2.37. The van der Waals surface area contributed by atoms with Gasteiger partial charge in [-0.25, -0.2) is 9.37 Å². The zero-order valence-electron chi connectivity index (χ0n) is 15.6. The van der Waals surface area contributed by atoms with Crippen LogP contribution in [0.5, 0.6) is 5.75 Å². The van der Waals surface area contributed by atoms with Crippen molar-refractivity contribution in [2.45, 2.75) is 19.8 Å². The van der Waals surface area contributed by atoms with E-state index in [1.807, 2.05) is 12.3 Å². The van der Waals surface area contributed by atoms with E-state index in [1.54, 1.807) is 18.3 Å². The summed E-state index contributed by atoms with van der Waals surface area (Å²) in [4.78, 5) is 9.94. The van der Waals surface area contributed by atoms with Crippen LogP contribution in [0.3, 0.4) is 0 Å². The summed E-state index contributed by atoms with van der Waals surface area (Å²) < 4.78 is 19.8. The Balaban J connectivity index is 1.65. The minimum absolute atomic E-state index is 0.104. The number of piperidine rings is 1. The van der Waals surface area contributed by atoms with Crippen molar-refractivity contribution in [1.29, 1.82) is 0 Å². The molecule has 0 amide bonds. The molecule has 1 fully saturated rings. The van der Waals surface area contributed by atoms with Gasteiger partial charge in [0.05, 0.1) is 17.0 Å². The SMILES string of the molecule is CN1CCC(C)(COc2ccnc3[nH]cc(-c4ccc(F)c(Cl)c4)c23)CC1. The first-order valence-electron chi connectivity index (χ1n) is 9.18. The van der Waals surface area contributed by atoms with Crippen LogP contribution in [0.15, 0.2) is 36.7 Å². The molecule has 27 heavy (non-hydrogen) atoms. The molecule has 4 nitrogen and oxygen atoms in total. The number of nitrogens with zero attached hydrogens (tertiary/aromatic N) is 2. The van der Waals surface area contributed by atoms with Gasteiger partial charge in [-0.05, 0) is 56.7 Å². The van der Waals surface area contributed by atoms with Crippen LogP contribution in [0.1, 0.15) is 19.8 Å². The first-order valence-corrected chi connectivity index (χ1v) is 9.56. The fourth-order valence-corrected chi connectivity index (χ4v) is 3.77. The van der Waals surface area contributed by atoms with E-state index in [9.17, 15) is 4.39 Å². The van der Waals surface area contributed by atoms with Crippen LogP contribution in [0.4, 0.5) is 4.39 Å². The number of hydrogen-bond donors (Lipinski definition) is 1. The predicted octanol–water partition coefficient (Wildman–Crippen LogP) is 5.13. The molecule has 0 radical (unpaired) electrons. The Morgan fingerprint density at radius 2 is 2.07 bits per heavy atom. The summed E-state index contributed by atoms with van der Waals surface area (Å²) in [5, 5.41) is 1.00. The Bertz CT molecular complexity index is 963. The van der Waals surface area contributed by atoms with Gasteiger partial charge in [0.2, 0.25) is 0 Å². The van der Waals surface area contributed by atoms with Gasteiger partial charge in [-0.1, -0.05) is 24.6 Å². The number of nitrogens with one attached hydrogen (secondary N) is 1. The van der Waals surface area contributed by atoms with E-state index in [2.05, 4.69) is 28.8 Å². The smallest absolute Gasteiger partial charge is 0.141 e. The third-order valence-corrected chi connectivity index (χ3v) is 5.83. The minimum atomic E-state index is -0.426. The number of H-pyrrole nitrogens is 1. The van der Waals surface area contributed by atoms with Gasteiger partial charge in [0.15, 0.2) is 0 Å². The lowest BCUT2D eigenvalue weighted by atomic mass is 9.81. The zero-order chi connectivity index (χ0) is 19.0. The average molecular weight is 388 g/mol. The summed E-state index contributed by atoms with van der Waals surface area (Å²) in [6, 6.07) is 6.63. The van der Waals surface area contributed by atoms with Crippen molar-refractivity contribution in [2.24, 2.45) is 5.41 Å². The Kier molecular flexibility index (Phi) is 4.82. The molecule has 4 rings (SSSR count). The Morgan fingerprint density at radius 1 is 1.30 bits per heavy atom. The normalized spacial score (nSPS) is 17.3. The number of rotatable bonds is 4. The van der Waals surface area contributed by atoms with E-state index in [0.717, 1.165) is 53.8 Å². The number of aromatic amines is 1. The van der Waals surface area contributed by atoms with Gasteiger partial charge >= 0.3 is 0 Å². The molecule has 0 atom stereocenters. The number of aromatic nitrogens is 2. The highest BCUT2D eigenvalue weighted by atomic mass is 35.5. The van der Waals surface area contributed by atoms with Crippen LogP contribution in [0.2, 0.25) is 5.02 Å². The van der Waals surface area contributed by atoms with Crippen molar-refractivity contribution < 1.29 is 9.13 Å². The molecule has 0 aliphatic carbocycles. The molecule has 1 aliphatic heterocycles. The monoisotopic (exact) mass is 387 g/mol. The van der Waals surface area contributed by atoms with Crippen molar-refractivity contribution in [3.63, 3.8) is 0 Å². The molecule has 3 heterocycles. The maximum absolute atomic E-state index is 13.5. The Hall–Kier alpha value is -2.11. The maximum atomic E-state index is 13.5. The maximum Gasteiger partial charge on any atom is 0.141 e. The summed E-state index contributed by atoms with van der Waals surface area (Å²) in [7, 11) is 2.16. The van der Waals surface area contributed by atoms with Crippen LogP contribution in [0.25, 0.3) is 22.2 Å². The van der Waals surface area contributed by atoms with Crippen molar-refractivity contribution in [1.82, 2.24) is 14.9 Å². The fraction of sp³-hybridized carbons (Fsp3) is 0.381. The van der Waals surface area contributed by atoms with Crippen LogP contribution >= 0.6 is 11.6 Å². The summed E-state index contributed by atoms with van der Waals surface area (Å²) in [5.74, 6) is 0.363. The number of halogens is 2. The number of benzene rings is 1. The summed E-state index contributed by atoms with van der Waals surface area (Å²) in [6.45, 7) is 5.13. The molecule has 0 bridgehead atoms. The van der Waals surface area contributed by atoms with Gasteiger partial charge in [0.25, 0.3) is 0 Å². The molecule has 0 unspecified atom stereocenters. The summed E-state index contributed by atoms with van der Waals surface area (Å²) in [5.41, 5.74) is 2.65. The molecule has 6 heteroatoms.